The fourth-order valence-corrected chi connectivity index (χ4v) is 2.08. The van der Waals surface area contributed by atoms with Gasteiger partial charge in [-0.05, 0) is 17.7 Å². The molecule has 1 N–H and O–H groups in total. The molecule has 0 aliphatic carbocycles. The number of nitrogens with one attached hydrogen (secondary N) is 1. The van der Waals surface area contributed by atoms with Crippen molar-refractivity contribution in [2.45, 2.75) is 12.6 Å². The highest BCUT2D eigenvalue weighted by Gasteiger charge is 2.22. The number of halogens is 2. The number of nitrogens with zero attached hydrogens (tertiary/aromatic N) is 1. The quantitative estimate of drug-likeness (QED) is 0.674. The molecule has 0 saturated carbocycles. The molecule has 0 unspecified atom stereocenters. The van der Waals surface area contributed by atoms with Crippen LogP contribution >= 0.6 is 23.2 Å². The van der Waals surface area contributed by atoms with Crippen LogP contribution in [0.25, 0.3) is 0 Å². The van der Waals surface area contributed by atoms with E-state index in [-0.39, 0.29) is 22.9 Å². The molecule has 18 heavy (non-hydrogen) atoms. The normalized spacial score (nSPS) is 19.6. The molecule has 0 radical (unpaired) electrons. The van der Waals surface area contributed by atoms with E-state index in [1.165, 1.54) is 0 Å². The van der Waals surface area contributed by atoms with Crippen LogP contribution in [-0.2, 0) is 20.9 Å². The van der Waals surface area contributed by atoms with Crippen LogP contribution in [0.5, 0.6) is 0 Å². The molecule has 98 valence electrons. The number of hydrogen-bond donors (Lipinski definition) is 1. The summed E-state index contributed by atoms with van der Waals surface area (Å²) in [5.41, 5.74) is 0.699. The van der Waals surface area contributed by atoms with Crippen LogP contribution < -0.4 is 5.32 Å². The maximum absolute atomic E-state index is 11.7. The van der Waals surface area contributed by atoms with Crippen LogP contribution in [-0.4, -0.2) is 36.8 Å². The summed E-state index contributed by atoms with van der Waals surface area (Å²) < 4.78 is 10.3. The van der Waals surface area contributed by atoms with E-state index in [0.29, 0.717) is 25.3 Å². The van der Waals surface area contributed by atoms with Crippen molar-refractivity contribution in [3.8, 4) is 0 Å². The van der Waals surface area contributed by atoms with Gasteiger partial charge >= 0.3 is 5.97 Å². The monoisotopic (exact) mass is 290 g/mol. The van der Waals surface area contributed by atoms with Crippen molar-refractivity contribution in [1.82, 2.24) is 10.3 Å². The number of hydrogen-bond acceptors (Lipinski definition) is 5. The lowest BCUT2D eigenvalue weighted by atomic mass is 10.2. The summed E-state index contributed by atoms with van der Waals surface area (Å²) in [4.78, 5) is 15.5. The van der Waals surface area contributed by atoms with E-state index in [2.05, 4.69) is 10.3 Å². The Kier molecular flexibility index (Phi) is 4.77. The Morgan fingerprint density at radius 1 is 1.50 bits per heavy atom. The smallest absolute Gasteiger partial charge is 0.325 e. The molecule has 2 rings (SSSR count). The second-order valence-corrected chi connectivity index (χ2v) is 4.58. The molecule has 7 heteroatoms. The number of carbonyl (C=O) groups excluding carboxylic acids is 1. The van der Waals surface area contributed by atoms with Crippen LogP contribution in [0.3, 0.4) is 0 Å². The van der Waals surface area contributed by atoms with Gasteiger partial charge in [0.2, 0.25) is 0 Å². The molecule has 0 spiro atoms. The standard InChI is InChI=1S/C11H12Cl2N2O3/c12-9-3-7(4-10(13)15-9)5-18-11(16)8-6-17-2-1-14-8/h3-4,8,14H,1-2,5-6H2/t8-/m0/s1. The minimum atomic E-state index is -0.411. The lowest BCUT2D eigenvalue weighted by Gasteiger charge is -2.22. The lowest BCUT2D eigenvalue weighted by Crippen LogP contribution is -2.47. The summed E-state index contributed by atoms with van der Waals surface area (Å²) in [6.07, 6.45) is 0. The first-order valence-electron chi connectivity index (χ1n) is 5.45. The molecular weight excluding hydrogens is 279 g/mol. The third-order valence-electron chi connectivity index (χ3n) is 2.41. The third-order valence-corrected chi connectivity index (χ3v) is 2.80. The molecule has 0 aromatic carbocycles. The van der Waals surface area contributed by atoms with Crippen molar-refractivity contribution in [3.63, 3.8) is 0 Å². The van der Waals surface area contributed by atoms with Crippen molar-refractivity contribution >= 4 is 29.2 Å². The number of rotatable bonds is 3. The van der Waals surface area contributed by atoms with Gasteiger partial charge in [0.15, 0.2) is 0 Å². The first-order chi connectivity index (χ1) is 8.65. The van der Waals surface area contributed by atoms with Gasteiger partial charge in [0.1, 0.15) is 23.0 Å². The number of carbonyl (C=O) groups is 1. The van der Waals surface area contributed by atoms with Crippen LogP contribution in [0, 0.1) is 0 Å². The van der Waals surface area contributed by atoms with Crippen molar-refractivity contribution < 1.29 is 14.3 Å². The Balaban J connectivity index is 1.88. The zero-order valence-electron chi connectivity index (χ0n) is 9.49. The van der Waals surface area contributed by atoms with Gasteiger partial charge in [0, 0.05) is 6.54 Å². The third kappa shape index (κ3) is 3.81. The average molecular weight is 291 g/mol. The van der Waals surface area contributed by atoms with Gasteiger partial charge in [-0.25, -0.2) is 4.98 Å². The van der Waals surface area contributed by atoms with Crippen LogP contribution in [0.1, 0.15) is 5.56 Å². The summed E-state index contributed by atoms with van der Waals surface area (Å²) in [6, 6.07) is 2.79. The van der Waals surface area contributed by atoms with E-state index in [9.17, 15) is 4.79 Å². The molecule has 0 bridgehead atoms. The Labute approximate surface area is 114 Å². The van der Waals surface area contributed by atoms with Gasteiger partial charge in [0.05, 0.1) is 13.2 Å². The van der Waals surface area contributed by atoms with Gasteiger partial charge in [-0.1, -0.05) is 23.2 Å². The highest BCUT2D eigenvalue weighted by atomic mass is 35.5. The Bertz CT molecular complexity index is 416. The predicted molar refractivity (Wildman–Crippen MR) is 66.7 cm³/mol. The second kappa shape index (κ2) is 6.33. The summed E-state index contributed by atoms with van der Waals surface area (Å²) in [6.45, 7) is 1.70. The number of aromatic nitrogens is 1. The highest BCUT2D eigenvalue weighted by molar-refractivity contribution is 6.32. The molecule has 1 fully saturated rings. The molecule has 1 saturated heterocycles. The maximum Gasteiger partial charge on any atom is 0.325 e. The average Bonchev–Trinajstić information content (AvgIpc) is 2.36. The van der Waals surface area contributed by atoms with Crippen molar-refractivity contribution in [2.24, 2.45) is 0 Å². The van der Waals surface area contributed by atoms with E-state index in [1.54, 1.807) is 12.1 Å². The van der Waals surface area contributed by atoms with Crippen molar-refractivity contribution in [3.05, 3.63) is 28.0 Å². The van der Waals surface area contributed by atoms with E-state index < -0.39 is 6.04 Å². The molecule has 1 aromatic heterocycles. The van der Waals surface area contributed by atoms with Gasteiger partial charge in [-0.2, -0.15) is 0 Å². The number of esters is 1. The summed E-state index contributed by atoms with van der Waals surface area (Å²) in [5, 5.41) is 3.56. The highest BCUT2D eigenvalue weighted by Crippen LogP contribution is 2.15. The van der Waals surface area contributed by atoms with Gasteiger partial charge in [-0.3, -0.25) is 4.79 Å². The van der Waals surface area contributed by atoms with E-state index in [1.807, 2.05) is 0 Å². The maximum atomic E-state index is 11.7. The van der Waals surface area contributed by atoms with Gasteiger partial charge in [0.25, 0.3) is 0 Å². The minimum Gasteiger partial charge on any atom is -0.460 e. The Morgan fingerprint density at radius 2 is 2.22 bits per heavy atom. The molecule has 1 aromatic rings. The number of ether oxygens (including phenoxy) is 2. The first kappa shape index (κ1) is 13.5. The fourth-order valence-electron chi connectivity index (χ4n) is 1.57. The van der Waals surface area contributed by atoms with Crippen LogP contribution in [0.2, 0.25) is 10.3 Å². The minimum absolute atomic E-state index is 0.110. The molecule has 1 atom stereocenters. The first-order valence-corrected chi connectivity index (χ1v) is 6.20. The molecular formula is C11H12Cl2N2O3. The predicted octanol–water partition coefficient (Wildman–Crippen LogP) is 1.42. The van der Waals surface area contributed by atoms with Crippen molar-refractivity contribution in [1.29, 1.82) is 0 Å². The fraction of sp³-hybridized carbons (Fsp3) is 0.455. The summed E-state index contributed by atoms with van der Waals surface area (Å²) in [5.74, 6) is -0.348. The van der Waals surface area contributed by atoms with Crippen molar-refractivity contribution in [2.75, 3.05) is 19.8 Å². The lowest BCUT2D eigenvalue weighted by molar-refractivity contribution is -0.150. The SMILES string of the molecule is O=C(OCc1cc(Cl)nc(Cl)c1)[C@@H]1COCCN1. The van der Waals surface area contributed by atoms with Gasteiger partial charge in [-0.15, -0.1) is 0 Å². The van der Waals surface area contributed by atoms with E-state index in [0.717, 1.165) is 0 Å². The zero-order chi connectivity index (χ0) is 13.0. The summed E-state index contributed by atoms with van der Waals surface area (Å²) >= 11 is 11.5. The number of morpholine rings is 1. The summed E-state index contributed by atoms with van der Waals surface area (Å²) in [7, 11) is 0. The van der Waals surface area contributed by atoms with Gasteiger partial charge < -0.3 is 14.8 Å². The van der Waals surface area contributed by atoms with Crippen LogP contribution in [0.15, 0.2) is 12.1 Å². The largest absolute Gasteiger partial charge is 0.460 e. The molecule has 0 amide bonds. The van der Waals surface area contributed by atoms with Crippen LogP contribution in [0.4, 0.5) is 0 Å². The molecule has 5 nitrogen and oxygen atoms in total. The molecule has 2 heterocycles. The zero-order valence-corrected chi connectivity index (χ0v) is 11.0. The molecule has 1 aliphatic rings. The second-order valence-electron chi connectivity index (χ2n) is 3.81. The van der Waals surface area contributed by atoms with E-state index >= 15 is 0 Å². The number of pyridine rings is 1. The topological polar surface area (TPSA) is 60.5 Å². The Hall–Kier alpha value is -0.880. The Morgan fingerprint density at radius 3 is 2.83 bits per heavy atom. The molecule has 1 aliphatic heterocycles. The van der Waals surface area contributed by atoms with E-state index in [4.69, 9.17) is 32.7 Å².